The molecule has 1 amide bonds. The number of nitrogens with zero attached hydrogens (tertiary/aromatic N) is 3. The summed E-state index contributed by atoms with van der Waals surface area (Å²) in [6, 6.07) is 12.3. The van der Waals surface area contributed by atoms with Gasteiger partial charge in [-0.05, 0) is 61.4 Å². The van der Waals surface area contributed by atoms with Crippen LogP contribution >= 0.6 is 0 Å². The molecule has 0 saturated carbocycles. The van der Waals surface area contributed by atoms with Gasteiger partial charge >= 0.3 is 0 Å². The van der Waals surface area contributed by atoms with Crippen molar-refractivity contribution >= 4 is 21.6 Å². The van der Waals surface area contributed by atoms with Crippen molar-refractivity contribution in [1.82, 2.24) is 14.8 Å². The van der Waals surface area contributed by atoms with Crippen LogP contribution in [0.4, 0.5) is 5.82 Å². The Hall–Kier alpha value is -3.20. The van der Waals surface area contributed by atoms with E-state index in [1.807, 2.05) is 37.3 Å². The summed E-state index contributed by atoms with van der Waals surface area (Å²) in [6.45, 7) is 1.91. The van der Waals surface area contributed by atoms with E-state index in [1.165, 1.54) is 0 Å². The number of anilines is 1. The number of methoxy groups -OCH3 is 1. The van der Waals surface area contributed by atoms with E-state index in [0.29, 0.717) is 23.7 Å². The second kappa shape index (κ2) is 7.91. The molecule has 156 valence electrons. The minimum absolute atomic E-state index is 0.0122. The van der Waals surface area contributed by atoms with Crippen LogP contribution in [-0.4, -0.2) is 47.7 Å². The zero-order valence-corrected chi connectivity index (χ0v) is 17.5. The lowest BCUT2D eigenvalue weighted by molar-refractivity contribution is 0.102. The molecule has 1 aliphatic heterocycles. The maximum atomic E-state index is 12.8. The van der Waals surface area contributed by atoms with Crippen LogP contribution in [0.5, 0.6) is 5.75 Å². The summed E-state index contributed by atoms with van der Waals surface area (Å²) < 4.78 is 30.9. The quantitative estimate of drug-likeness (QED) is 0.673. The van der Waals surface area contributed by atoms with Gasteiger partial charge in [-0.1, -0.05) is 0 Å². The van der Waals surface area contributed by atoms with Crippen LogP contribution in [0.3, 0.4) is 0 Å². The van der Waals surface area contributed by atoms with E-state index in [9.17, 15) is 13.2 Å². The zero-order chi connectivity index (χ0) is 21.3. The lowest BCUT2D eigenvalue weighted by Gasteiger charge is -2.13. The van der Waals surface area contributed by atoms with Gasteiger partial charge < -0.3 is 10.1 Å². The van der Waals surface area contributed by atoms with Crippen LogP contribution < -0.4 is 10.1 Å². The second-order valence-corrected chi connectivity index (χ2v) is 9.55. The Balaban J connectivity index is 1.70. The van der Waals surface area contributed by atoms with Gasteiger partial charge in [0.05, 0.1) is 30.4 Å². The number of nitrogens with one attached hydrogen (secondary N) is 1. The molecule has 0 aliphatic carbocycles. The molecule has 4 rings (SSSR count). The normalized spacial score (nSPS) is 17.6. The van der Waals surface area contributed by atoms with Crippen molar-refractivity contribution in [1.29, 1.82) is 0 Å². The third-order valence-electron chi connectivity index (χ3n) is 5.07. The number of benzene rings is 1. The summed E-state index contributed by atoms with van der Waals surface area (Å²) in [5.74, 6) is 0.871. The Morgan fingerprint density at radius 3 is 2.60 bits per heavy atom. The van der Waals surface area contributed by atoms with Gasteiger partial charge in [0.2, 0.25) is 0 Å². The first kappa shape index (κ1) is 20.1. The van der Waals surface area contributed by atoms with Gasteiger partial charge in [0, 0.05) is 11.8 Å². The van der Waals surface area contributed by atoms with Crippen LogP contribution in [0.15, 0.2) is 48.7 Å². The number of ether oxygens (including phenoxy) is 1. The summed E-state index contributed by atoms with van der Waals surface area (Å²) in [4.78, 5) is 16.9. The number of carbonyl (C=O) groups is 1. The highest BCUT2D eigenvalue weighted by Crippen LogP contribution is 2.31. The van der Waals surface area contributed by atoms with Crippen molar-refractivity contribution in [3.63, 3.8) is 0 Å². The average Bonchev–Trinajstić information content (AvgIpc) is 3.31. The van der Waals surface area contributed by atoms with E-state index in [1.54, 1.807) is 30.1 Å². The van der Waals surface area contributed by atoms with Crippen molar-refractivity contribution in [3.05, 3.63) is 59.9 Å². The van der Waals surface area contributed by atoms with Gasteiger partial charge in [0.1, 0.15) is 11.6 Å². The first-order valence-electron chi connectivity index (χ1n) is 9.53. The second-order valence-electron chi connectivity index (χ2n) is 7.32. The zero-order valence-electron chi connectivity index (χ0n) is 16.7. The number of pyridine rings is 1. The molecule has 1 aliphatic rings. The number of rotatable bonds is 5. The molecule has 0 bridgehead atoms. The first-order valence-corrected chi connectivity index (χ1v) is 11.4. The summed E-state index contributed by atoms with van der Waals surface area (Å²) in [6.07, 6.45) is 2.09. The summed E-state index contributed by atoms with van der Waals surface area (Å²) in [7, 11) is -1.52. The molecule has 0 unspecified atom stereocenters. The van der Waals surface area contributed by atoms with Crippen LogP contribution in [0.2, 0.25) is 0 Å². The molecule has 3 heterocycles. The van der Waals surface area contributed by atoms with Gasteiger partial charge in [-0.2, -0.15) is 5.10 Å². The maximum absolute atomic E-state index is 12.8. The predicted octanol–water partition coefficient (Wildman–Crippen LogP) is 2.87. The van der Waals surface area contributed by atoms with Gasteiger partial charge in [0.15, 0.2) is 15.5 Å². The fraction of sp³-hybridized carbons (Fsp3) is 0.286. The Morgan fingerprint density at radius 1 is 1.20 bits per heavy atom. The molecule has 30 heavy (non-hydrogen) atoms. The van der Waals surface area contributed by atoms with E-state index in [2.05, 4.69) is 15.4 Å². The molecule has 1 N–H and O–H groups in total. The highest BCUT2D eigenvalue weighted by molar-refractivity contribution is 7.91. The number of carbonyl (C=O) groups excluding carboxylic acids is 1. The Bertz CT molecular complexity index is 1190. The minimum atomic E-state index is -3.11. The van der Waals surface area contributed by atoms with Crippen molar-refractivity contribution in [3.8, 4) is 17.0 Å². The highest BCUT2D eigenvalue weighted by Gasteiger charge is 2.32. The lowest BCUT2D eigenvalue weighted by Crippen LogP contribution is -2.17. The molecule has 0 radical (unpaired) electrons. The minimum Gasteiger partial charge on any atom is -0.497 e. The van der Waals surface area contributed by atoms with E-state index in [4.69, 9.17) is 4.74 Å². The molecule has 1 aromatic carbocycles. The monoisotopic (exact) mass is 426 g/mol. The molecule has 0 spiro atoms. The van der Waals surface area contributed by atoms with Crippen molar-refractivity contribution in [2.75, 3.05) is 23.9 Å². The average molecular weight is 426 g/mol. The largest absolute Gasteiger partial charge is 0.497 e. The van der Waals surface area contributed by atoms with Crippen LogP contribution in [-0.2, 0) is 9.84 Å². The Morgan fingerprint density at radius 2 is 1.97 bits per heavy atom. The number of aromatic nitrogens is 3. The SMILES string of the molecule is COc1ccc(-c2cc(C(=O)Nc3cc(C)ccn3)nn2[C@H]2CCS(=O)(=O)C2)cc1. The smallest absolute Gasteiger partial charge is 0.277 e. The summed E-state index contributed by atoms with van der Waals surface area (Å²) in [5.41, 5.74) is 2.68. The molecule has 3 aromatic rings. The molecule has 1 saturated heterocycles. The van der Waals surface area contributed by atoms with E-state index >= 15 is 0 Å². The topological polar surface area (TPSA) is 103 Å². The van der Waals surface area contributed by atoms with Gasteiger partial charge in [-0.25, -0.2) is 13.4 Å². The number of aryl methyl sites for hydroxylation is 1. The van der Waals surface area contributed by atoms with Crippen LogP contribution in [0.1, 0.15) is 28.5 Å². The third kappa shape index (κ3) is 4.20. The molecule has 2 aromatic heterocycles. The van der Waals surface area contributed by atoms with Crippen LogP contribution in [0, 0.1) is 6.92 Å². The molecule has 1 fully saturated rings. The number of hydrogen-bond acceptors (Lipinski definition) is 6. The summed E-state index contributed by atoms with van der Waals surface area (Å²) in [5, 5.41) is 7.23. The van der Waals surface area contributed by atoms with Crippen molar-refractivity contribution < 1.29 is 17.9 Å². The predicted molar refractivity (Wildman–Crippen MR) is 113 cm³/mol. The van der Waals surface area contributed by atoms with E-state index in [0.717, 1.165) is 11.1 Å². The van der Waals surface area contributed by atoms with Gasteiger partial charge in [0.25, 0.3) is 5.91 Å². The summed E-state index contributed by atoms with van der Waals surface area (Å²) >= 11 is 0. The Labute approximate surface area is 174 Å². The molecule has 9 heteroatoms. The molecular weight excluding hydrogens is 404 g/mol. The maximum Gasteiger partial charge on any atom is 0.277 e. The number of amides is 1. The molecule has 1 atom stereocenters. The van der Waals surface area contributed by atoms with Crippen molar-refractivity contribution in [2.24, 2.45) is 0 Å². The van der Waals surface area contributed by atoms with Gasteiger partial charge in [-0.3, -0.25) is 9.48 Å². The number of sulfone groups is 1. The van der Waals surface area contributed by atoms with Crippen molar-refractivity contribution in [2.45, 2.75) is 19.4 Å². The fourth-order valence-electron chi connectivity index (χ4n) is 3.51. The van der Waals surface area contributed by atoms with Crippen LogP contribution in [0.25, 0.3) is 11.3 Å². The van der Waals surface area contributed by atoms with E-state index < -0.39 is 15.7 Å². The fourth-order valence-corrected chi connectivity index (χ4v) is 5.21. The highest BCUT2D eigenvalue weighted by atomic mass is 32.2. The first-order chi connectivity index (χ1) is 14.3. The molecule has 8 nitrogen and oxygen atoms in total. The van der Waals surface area contributed by atoms with E-state index in [-0.39, 0.29) is 23.2 Å². The number of hydrogen-bond donors (Lipinski definition) is 1. The lowest BCUT2D eigenvalue weighted by atomic mass is 10.1. The van der Waals surface area contributed by atoms with Gasteiger partial charge in [-0.15, -0.1) is 0 Å². The Kier molecular flexibility index (Phi) is 5.29. The standard InChI is InChI=1S/C21H22N4O4S/c1-14-7-9-22-20(11-14)23-21(26)18-12-19(15-3-5-17(29-2)6-4-15)25(24-18)16-8-10-30(27,28)13-16/h3-7,9,11-12,16H,8,10,13H2,1-2H3,(H,22,23,26)/t16-/m0/s1. The third-order valence-corrected chi connectivity index (χ3v) is 6.82. The molecular formula is C21H22N4O4S.